The quantitative estimate of drug-likeness (QED) is 0.363. The van der Waals surface area contributed by atoms with Crippen molar-refractivity contribution >= 4 is 6.40 Å². The van der Waals surface area contributed by atoms with Crippen molar-refractivity contribution in [2.24, 2.45) is 4.99 Å². The first-order valence-electron chi connectivity index (χ1n) is 1.60. The molecule has 0 atom stereocenters. The Bertz CT molecular complexity index is 55.2. The van der Waals surface area contributed by atoms with E-state index in [1.165, 1.54) is 6.40 Å². The molecule has 0 amide bonds. The average Bonchev–Trinajstić information content (AvgIpc) is 1.76. The second kappa shape index (κ2) is 10.6. The summed E-state index contributed by atoms with van der Waals surface area (Å²) in [5.41, 5.74) is 0. The van der Waals surface area contributed by atoms with Crippen LogP contribution in [0.5, 0.6) is 0 Å². The molecule has 0 unspecified atom stereocenters. The Morgan fingerprint density at radius 1 is 1.38 bits per heavy atom. The van der Waals surface area contributed by atoms with Crippen LogP contribution < -0.4 is 24.8 Å². The van der Waals surface area contributed by atoms with Gasteiger partial charge in [-0.3, -0.25) is 4.99 Å². The van der Waals surface area contributed by atoms with Crippen LogP contribution in [0.2, 0.25) is 0 Å². The normalized spacial score (nSPS) is 12.0. The van der Waals surface area contributed by atoms with Crippen LogP contribution in [0, 0.1) is 0 Å². The van der Waals surface area contributed by atoms with E-state index in [9.17, 15) is 0 Å². The van der Waals surface area contributed by atoms with Crippen LogP contribution in [-0.4, -0.2) is 19.6 Å². The molecule has 5 heteroatoms. The number of aliphatic imine (C=N–C) groups is 1. The minimum absolute atomic E-state index is 0. The van der Waals surface area contributed by atoms with Gasteiger partial charge in [0.05, 0.1) is 6.54 Å². The summed E-state index contributed by atoms with van der Waals surface area (Å²) < 4.78 is 4.65. The number of nitrogens with zero attached hydrogens (tertiary/aromatic N) is 1. The zero-order chi connectivity index (χ0) is 3.54. The SMILES string of the molecule is C1=NCCO1.[Cl-].[Cl-].[Zn+2]. The van der Waals surface area contributed by atoms with E-state index >= 15 is 0 Å². The fraction of sp³-hybridized carbons (Fsp3) is 0.667. The number of rotatable bonds is 0. The maximum atomic E-state index is 4.65. The summed E-state index contributed by atoms with van der Waals surface area (Å²) in [6, 6.07) is 0. The molecule has 1 heterocycles. The maximum Gasteiger partial charge on any atom is 2.00 e. The first-order chi connectivity index (χ1) is 2.50. The van der Waals surface area contributed by atoms with Gasteiger partial charge in [0.15, 0.2) is 6.40 Å². The standard InChI is InChI=1S/C3H5NO.2ClH.Zn/c1-2-5-3-4-1;;;/h3H,1-2H2;2*1H;/q;;;+2/p-2. The van der Waals surface area contributed by atoms with Gasteiger partial charge < -0.3 is 29.6 Å². The molecule has 0 bridgehead atoms. The summed E-state index contributed by atoms with van der Waals surface area (Å²) in [7, 11) is 0. The van der Waals surface area contributed by atoms with Gasteiger partial charge in [0.25, 0.3) is 0 Å². The van der Waals surface area contributed by atoms with Crippen molar-refractivity contribution in [2.45, 2.75) is 0 Å². The number of hydrogen-bond acceptors (Lipinski definition) is 2. The fourth-order valence-electron chi connectivity index (χ4n) is 0.264. The van der Waals surface area contributed by atoms with Crippen LogP contribution in [0.1, 0.15) is 0 Å². The third kappa shape index (κ3) is 6.67. The molecular formula is C3H5Cl2NOZn. The molecule has 8 heavy (non-hydrogen) atoms. The molecule has 0 aliphatic carbocycles. The molecule has 0 fully saturated rings. The van der Waals surface area contributed by atoms with Crippen LogP contribution in [0.25, 0.3) is 0 Å². The zero-order valence-electron chi connectivity index (χ0n) is 4.31. The number of halogens is 2. The monoisotopic (exact) mass is 205 g/mol. The van der Waals surface area contributed by atoms with Gasteiger partial charge in [-0.1, -0.05) is 0 Å². The Morgan fingerprint density at radius 2 is 2.00 bits per heavy atom. The largest absolute Gasteiger partial charge is 2.00 e. The summed E-state index contributed by atoms with van der Waals surface area (Å²) in [5.74, 6) is 0. The van der Waals surface area contributed by atoms with Crippen LogP contribution in [0.3, 0.4) is 0 Å². The summed E-state index contributed by atoms with van der Waals surface area (Å²) in [6.07, 6.45) is 1.49. The van der Waals surface area contributed by atoms with E-state index in [1.54, 1.807) is 0 Å². The predicted molar refractivity (Wildman–Crippen MR) is 19.3 cm³/mol. The fourth-order valence-corrected chi connectivity index (χ4v) is 0.264. The third-order valence-corrected chi connectivity index (χ3v) is 0.487. The first kappa shape index (κ1) is 15.9. The van der Waals surface area contributed by atoms with Crippen molar-refractivity contribution in [1.29, 1.82) is 0 Å². The molecular weight excluding hydrogens is 202 g/mol. The molecule has 44 valence electrons. The van der Waals surface area contributed by atoms with E-state index in [-0.39, 0.29) is 44.3 Å². The molecule has 0 radical (unpaired) electrons. The van der Waals surface area contributed by atoms with Gasteiger partial charge in [-0.05, 0) is 0 Å². The number of hydrogen-bond donors (Lipinski definition) is 0. The van der Waals surface area contributed by atoms with Crippen LogP contribution >= 0.6 is 0 Å². The second-order valence-electron chi connectivity index (χ2n) is 0.882. The van der Waals surface area contributed by atoms with Crippen LogP contribution in [-0.2, 0) is 24.2 Å². The summed E-state index contributed by atoms with van der Waals surface area (Å²) in [5, 5.41) is 0. The van der Waals surface area contributed by atoms with Crippen molar-refractivity contribution in [2.75, 3.05) is 13.2 Å². The van der Waals surface area contributed by atoms with Crippen LogP contribution in [0.4, 0.5) is 0 Å². The Hall–Kier alpha value is 0.673. The molecule has 0 N–H and O–H groups in total. The molecule has 1 rings (SSSR count). The van der Waals surface area contributed by atoms with Gasteiger partial charge in [0.1, 0.15) is 6.61 Å². The van der Waals surface area contributed by atoms with Crippen molar-refractivity contribution < 1.29 is 49.0 Å². The van der Waals surface area contributed by atoms with Crippen LogP contribution in [0.15, 0.2) is 4.99 Å². The summed E-state index contributed by atoms with van der Waals surface area (Å²) in [6.45, 7) is 1.62. The molecule has 0 spiro atoms. The first-order valence-corrected chi connectivity index (χ1v) is 1.60. The van der Waals surface area contributed by atoms with Gasteiger partial charge in [0, 0.05) is 0 Å². The summed E-state index contributed by atoms with van der Waals surface area (Å²) >= 11 is 0. The van der Waals surface area contributed by atoms with Gasteiger partial charge in [0.2, 0.25) is 0 Å². The van der Waals surface area contributed by atoms with Crippen molar-refractivity contribution in [1.82, 2.24) is 0 Å². The Morgan fingerprint density at radius 3 is 2.12 bits per heavy atom. The molecule has 0 aromatic heterocycles. The molecule has 0 aromatic carbocycles. The summed E-state index contributed by atoms with van der Waals surface area (Å²) in [4.78, 5) is 3.74. The van der Waals surface area contributed by atoms with Gasteiger partial charge in [-0.25, -0.2) is 0 Å². The van der Waals surface area contributed by atoms with E-state index in [0.29, 0.717) is 0 Å². The van der Waals surface area contributed by atoms with Gasteiger partial charge in [-0.15, -0.1) is 0 Å². The minimum Gasteiger partial charge on any atom is -1.00 e. The molecule has 0 saturated carbocycles. The number of ether oxygens (including phenoxy) is 1. The van der Waals surface area contributed by atoms with E-state index in [2.05, 4.69) is 9.73 Å². The maximum absolute atomic E-state index is 4.65. The third-order valence-electron chi connectivity index (χ3n) is 0.487. The Balaban J connectivity index is -0.0000000833. The van der Waals surface area contributed by atoms with E-state index in [0.717, 1.165) is 13.2 Å². The molecule has 0 aromatic rings. The smallest absolute Gasteiger partial charge is 1.00 e. The van der Waals surface area contributed by atoms with Gasteiger partial charge in [-0.2, -0.15) is 0 Å². The topological polar surface area (TPSA) is 21.6 Å². The second-order valence-corrected chi connectivity index (χ2v) is 0.882. The minimum atomic E-state index is 0. The van der Waals surface area contributed by atoms with Gasteiger partial charge >= 0.3 is 19.5 Å². The molecule has 1 aliphatic rings. The molecule has 2 nitrogen and oxygen atoms in total. The average molecular weight is 207 g/mol. The molecule has 1 aliphatic heterocycles. The van der Waals surface area contributed by atoms with E-state index in [1.807, 2.05) is 0 Å². The Labute approximate surface area is 73.7 Å². The molecule has 0 saturated heterocycles. The van der Waals surface area contributed by atoms with Crippen molar-refractivity contribution in [3.63, 3.8) is 0 Å². The predicted octanol–water partition coefficient (Wildman–Crippen LogP) is -5.95. The van der Waals surface area contributed by atoms with Crippen molar-refractivity contribution in [3.05, 3.63) is 0 Å². The van der Waals surface area contributed by atoms with Crippen molar-refractivity contribution in [3.8, 4) is 0 Å². The van der Waals surface area contributed by atoms with E-state index < -0.39 is 0 Å². The van der Waals surface area contributed by atoms with E-state index in [4.69, 9.17) is 0 Å². The Kier molecular flexibility index (Phi) is 21.1. The zero-order valence-corrected chi connectivity index (χ0v) is 8.79.